The molecule has 0 radical (unpaired) electrons. The van der Waals surface area contributed by atoms with Gasteiger partial charge in [-0.1, -0.05) is 33.1 Å². The molecule has 0 amide bonds. The minimum absolute atomic E-state index is 0.828. The van der Waals surface area contributed by atoms with Crippen LogP contribution in [0.4, 0.5) is 0 Å². The molecule has 1 N–H and O–H groups in total. The summed E-state index contributed by atoms with van der Waals surface area (Å²) >= 11 is 0. The molecule has 76 valence electrons. The van der Waals surface area contributed by atoms with Crippen molar-refractivity contribution in [1.29, 1.82) is 0 Å². The zero-order chi connectivity index (χ0) is 9.26. The van der Waals surface area contributed by atoms with Crippen LogP contribution in [0.15, 0.2) is 0 Å². The van der Waals surface area contributed by atoms with E-state index in [1.165, 1.54) is 38.5 Å². The Hall–Kier alpha value is -0.0400. The fourth-order valence-corrected chi connectivity index (χ4v) is 2.69. The smallest absolute Gasteiger partial charge is 0.00978 e. The summed E-state index contributed by atoms with van der Waals surface area (Å²) in [7, 11) is 0. The first-order chi connectivity index (χ1) is 6.27. The Morgan fingerprint density at radius 1 is 0.923 bits per heavy atom. The van der Waals surface area contributed by atoms with Crippen LogP contribution in [0.25, 0.3) is 0 Å². The van der Waals surface area contributed by atoms with E-state index in [0.29, 0.717) is 0 Å². The lowest BCUT2D eigenvalue weighted by molar-refractivity contribution is 0.172. The van der Waals surface area contributed by atoms with E-state index in [1.807, 2.05) is 0 Å². The Kier molecular flexibility index (Phi) is 2.92. The van der Waals surface area contributed by atoms with Crippen molar-refractivity contribution in [3.63, 3.8) is 0 Å². The molecule has 2 rings (SSSR count). The quantitative estimate of drug-likeness (QED) is 0.690. The zero-order valence-corrected chi connectivity index (χ0v) is 9.05. The first-order valence-electron chi connectivity index (χ1n) is 6.03. The van der Waals surface area contributed by atoms with Gasteiger partial charge in [0.1, 0.15) is 0 Å². The van der Waals surface area contributed by atoms with Crippen LogP contribution in [0.3, 0.4) is 0 Å². The molecule has 0 aliphatic heterocycles. The summed E-state index contributed by atoms with van der Waals surface area (Å²) in [6, 6.07) is 1.70. The second kappa shape index (κ2) is 4.00. The summed E-state index contributed by atoms with van der Waals surface area (Å²) in [6.07, 6.45) is 8.62. The normalized spacial score (nSPS) is 41.5. The van der Waals surface area contributed by atoms with Crippen LogP contribution in [0, 0.1) is 11.8 Å². The fourth-order valence-electron chi connectivity index (χ4n) is 2.69. The molecule has 0 aromatic carbocycles. The molecule has 2 aliphatic rings. The highest BCUT2D eigenvalue weighted by Gasteiger charge is 2.29. The maximum atomic E-state index is 3.84. The zero-order valence-electron chi connectivity index (χ0n) is 9.05. The van der Waals surface area contributed by atoms with Gasteiger partial charge in [0.05, 0.1) is 0 Å². The second-order valence-corrected chi connectivity index (χ2v) is 5.17. The van der Waals surface area contributed by atoms with Crippen LogP contribution < -0.4 is 5.32 Å². The molecule has 3 atom stereocenters. The van der Waals surface area contributed by atoms with Gasteiger partial charge in [0.2, 0.25) is 0 Å². The van der Waals surface area contributed by atoms with Crippen molar-refractivity contribution in [1.82, 2.24) is 5.32 Å². The van der Waals surface area contributed by atoms with Crippen LogP contribution in [-0.2, 0) is 0 Å². The standard InChI is InChI=1S/C12H23N/c1-9-5-3-8-12(10(9)2)13-11-6-4-7-11/h9-13H,3-8H2,1-2H3/t9-,10+,12-/m0/s1. The number of hydrogen-bond donors (Lipinski definition) is 1. The Labute approximate surface area is 82.3 Å². The van der Waals surface area contributed by atoms with Gasteiger partial charge < -0.3 is 5.32 Å². The third-order valence-electron chi connectivity index (χ3n) is 4.26. The van der Waals surface area contributed by atoms with Gasteiger partial charge in [0.25, 0.3) is 0 Å². The number of nitrogens with one attached hydrogen (secondary N) is 1. The van der Waals surface area contributed by atoms with E-state index in [4.69, 9.17) is 0 Å². The van der Waals surface area contributed by atoms with E-state index in [-0.39, 0.29) is 0 Å². The van der Waals surface area contributed by atoms with Gasteiger partial charge in [-0.15, -0.1) is 0 Å². The third-order valence-corrected chi connectivity index (χ3v) is 4.26. The monoisotopic (exact) mass is 181 g/mol. The molecule has 0 aromatic rings. The highest BCUT2D eigenvalue weighted by atomic mass is 15.0. The van der Waals surface area contributed by atoms with Crippen molar-refractivity contribution in [3.8, 4) is 0 Å². The minimum Gasteiger partial charge on any atom is -0.311 e. The van der Waals surface area contributed by atoms with Gasteiger partial charge in [-0.25, -0.2) is 0 Å². The topological polar surface area (TPSA) is 12.0 Å². The van der Waals surface area contributed by atoms with Crippen molar-refractivity contribution in [2.75, 3.05) is 0 Å². The van der Waals surface area contributed by atoms with Gasteiger partial charge in [-0.2, -0.15) is 0 Å². The molecule has 2 saturated carbocycles. The van der Waals surface area contributed by atoms with Crippen molar-refractivity contribution in [2.45, 2.75) is 64.5 Å². The number of rotatable bonds is 2. The van der Waals surface area contributed by atoms with Gasteiger partial charge >= 0.3 is 0 Å². The highest BCUT2D eigenvalue weighted by molar-refractivity contribution is 4.87. The molecule has 0 unspecified atom stereocenters. The first kappa shape index (κ1) is 9.51. The average molecular weight is 181 g/mol. The molecule has 0 aromatic heterocycles. The SMILES string of the molecule is C[C@H]1[C@@H](NC2CCC2)CCC[C@@H]1C. The summed E-state index contributed by atoms with van der Waals surface area (Å²) in [4.78, 5) is 0. The molecule has 0 heterocycles. The van der Waals surface area contributed by atoms with Crippen LogP contribution in [0.2, 0.25) is 0 Å². The summed E-state index contributed by atoms with van der Waals surface area (Å²) in [5.74, 6) is 1.83. The minimum atomic E-state index is 0.828. The summed E-state index contributed by atoms with van der Waals surface area (Å²) in [6.45, 7) is 4.85. The molecular formula is C12H23N. The first-order valence-corrected chi connectivity index (χ1v) is 6.03. The molecule has 0 bridgehead atoms. The average Bonchev–Trinajstić information content (AvgIpc) is 2.04. The largest absolute Gasteiger partial charge is 0.311 e. The molecule has 0 spiro atoms. The second-order valence-electron chi connectivity index (χ2n) is 5.17. The van der Waals surface area contributed by atoms with Gasteiger partial charge in [-0.05, 0) is 31.1 Å². The van der Waals surface area contributed by atoms with Gasteiger partial charge in [-0.3, -0.25) is 0 Å². The molecular weight excluding hydrogens is 158 g/mol. The maximum absolute atomic E-state index is 3.84. The van der Waals surface area contributed by atoms with Crippen molar-refractivity contribution >= 4 is 0 Å². The fraction of sp³-hybridized carbons (Fsp3) is 1.00. The Balaban J connectivity index is 1.82. The molecule has 2 aliphatic carbocycles. The molecule has 1 heteroatoms. The Morgan fingerprint density at radius 2 is 1.62 bits per heavy atom. The van der Waals surface area contributed by atoms with Crippen LogP contribution in [0.1, 0.15) is 52.4 Å². The van der Waals surface area contributed by atoms with Crippen LogP contribution >= 0.6 is 0 Å². The highest BCUT2D eigenvalue weighted by Crippen LogP contribution is 2.31. The Bertz CT molecular complexity index is 163. The molecule has 1 nitrogen and oxygen atoms in total. The van der Waals surface area contributed by atoms with E-state index >= 15 is 0 Å². The van der Waals surface area contributed by atoms with Gasteiger partial charge in [0.15, 0.2) is 0 Å². The predicted octanol–water partition coefficient (Wildman–Crippen LogP) is 2.95. The van der Waals surface area contributed by atoms with Crippen molar-refractivity contribution < 1.29 is 0 Å². The lowest BCUT2D eigenvalue weighted by Crippen LogP contribution is -2.48. The number of hydrogen-bond acceptors (Lipinski definition) is 1. The van der Waals surface area contributed by atoms with E-state index in [2.05, 4.69) is 19.2 Å². The third kappa shape index (κ3) is 2.07. The Morgan fingerprint density at radius 3 is 2.23 bits per heavy atom. The van der Waals surface area contributed by atoms with Crippen LogP contribution in [0.5, 0.6) is 0 Å². The van der Waals surface area contributed by atoms with E-state index in [0.717, 1.165) is 23.9 Å². The van der Waals surface area contributed by atoms with Crippen molar-refractivity contribution in [3.05, 3.63) is 0 Å². The lowest BCUT2D eigenvalue weighted by Gasteiger charge is -2.39. The van der Waals surface area contributed by atoms with Crippen LogP contribution in [-0.4, -0.2) is 12.1 Å². The molecule has 13 heavy (non-hydrogen) atoms. The maximum Gasteiger partial charge on any atom is 0.00978 e. The van der Waals surface area contributed by atoms with E-state index < -0.39 is 0 Å². The summed E-state index contributed by atoms with van der Waals surface area (Å²) in [5.41, 5.74) is 0. The molecule has 0 saturated heterocycles. The van der Waals surface area contributed by atoms with Gasteiger partial charge in [0, 0.05) is 12.1 Å². The predicted molar refractivity (Wildman–Crippen MR) is 56.7 cm³/mol. The van der Waals surface area contributed by atoms with Crippen molar-refractivity contribution in [2.24, 2.45) is 11.8 Å². The van der Waals surface area contributed by atoms with E-state index in [9.17, 15) is 0 Å². The lowest BCUT2D eigenvalue weighted by atomic mass is 9.77. The molecule has 2 fully saturated rings. The van der Waals surface area contributed by atoms with E-state index in [1.54, 1.807) is 0 Å². The summed E-state index contributed by atoms with van der Waals surface area (Å²) in [5, 5.41) is 3.84. The summed E-state index contributed by atoms with van der Waals surface area (Å²) < 4.78 is 0.